The molecule has 4 nitrogen and oxygen atoms in total. The van der Waals surface area contributed by atoms with Crippen LogP contribution in [0.1, 0.15) is 22.3 Å². The number of rotatable bonds is 5. The van der Waals surface area contributed by atoms with Gasteiger partial charge in [0, 0.05) is 27.5 Å². The van der Waals surface area contributed by atoms with E-state index in [1.165, 1.54) is 72.0 Å². The first-order valence-electron chi connectivity index (χ1n) is 21.2. The lowest BCUT2D eigenvalue weighted by Gasteiger charge is -2.40. The van der Waals surface area contributed by atoms with E-state index in [2.05, 4.69) is 199 Å². The normalized spacial score (nSPS) is 14.5. The molecule has 0 saturated heterocycles. The van der Waals surface area contributed by atoms with Crippen molar-refractivity contribution >= 4 is 21.8 Å². The lowest BCUT2D eigenvalue weighted by atomic mass is 9.64. The second kappa shape index (κ2) is 13.4. The molecule has 0 amide bonds. The summed E-state index contributed by atoms with van der Waals surface area (Å²) in [5.41, 5.74) is 18.4. The number of para-hydroxylation sites is 3. The van der Waals surface area contributed by atoms with Crippen molar-refractivity contribution in [3.63, 3.8) is 0 Å². The summed E-state index contributed by atoms with van der Waals surface area (Å²) in [7, 11) is 0. The van der Waals surface area contributed by atoms with Gasteiger partial charge in [0.2, 0.25) is 0 Å². The minimum Gasteiger partial charge on any atom is -0.309 e. The molecule has 1 unspecified atom stereocenters. The molecule has 288 valence electrons. The fraction of sp³-hybridized carbons (Fsp3) is 0.0172. The zero-order valence-corrected chi connectivity index (χ0v) is 33.6. The number of fused-ring (bicyclic) bond motifs is 12. The zero-order chi connectivity index (χ0) is 40.8. The van der Waals surface area contributed by atoms with Gasteiger partial charge in [-0.3, -0.25) is 0 Å². The molecule has 3 heterocycles. The fourth-order valence-electron chi connectivity index (χ4n) is 10.5. The summed E-state index contributed by atoms with van der Waals surface area (Å²) in [5, 5.41) is 2.55. The summed E-state index contributed by atoms with van der Waals surface area (Å²) in [4.78, 5) is 15.2. The van der Waals surface area contributed by atoms with Crippen LogP contribution in [0.2, 0.25) is 0 Å². The highest BCUT2D eigenvalue weighted by molar-refractivity contribution is 6.13. The summed E-state index contributed by atoms with van der Waals surface area (Å²) in [6.07, 6.45) is 0. The summed E-state index contributed by atoms with van der Waals surface area (Å²) in [6, 6.07) is 78.6. The van der Waals surface area contributed by atoms with Crippen LogP contribution in [-0.2, 0) is 5.41 Å². The molecule has 1 atom stereocenters. The first-order valence-corrected chi connectivity index (χ1v) is 21.2. The van der Waals surface area contributed by atoms with Crippen LogP contribution in [0.4, 0.5) is 0 Å². The highest BCUT2D eigenvalue weighted by atomic mass is 15.0. The molecule has 9 aromatic carbocycles. The van der Waals surface area contributed by atoms with E-state index in [4.69, 9.17) is 15.0 Å². The molecule has 0 fully saturated rings. The number of hydrogen-bond donors (Lipinski definition) is 0. The van der Waals surface area contributed by atoms with Crippen LogP contribution in [0.15, 0.2) is 218 Å². The van der Waals surface area contributed by atoms with Gasteiger partial charge >= 0.3 is 0 Å². The molecule has 4 heteroatoms. The van der Waals surface area contributed by atoms with E-state index >= 15 is 0 Å². The fourth-order valence-corrected chi connectivity index (χ4v) is 10.5. The second-order valence-electron chi connectivity index (χ2n) is 16.3. The average molecular weight is 789 g/mol. The van der Waals surface area contributed by atoms with Gasteiger partial charge in [-0.2, -0.15) is 0 Å². The number of aromatic nitrogens is 4. The van der Waals surface area contributed by atoms with Crippen LogP contribution >= 0.6 is 0 Å². The minimum absolute atomic E-state index is 0.550. The van der Waals surface area contributed by atoms with Gasteiger partial charge in [0.15, 0.2) is 17.5 Å². The average Bonchev–Trinajstić information content (AvgIpc) is 3.85. The van der Waals surface area contributed by atoms with Crippen molar-refractivity contribution in [1.82, 2.24) is 19.5 Å². The van der Waals surface area contributed by atoms with Crippen molar-refractivity contribution in [2.45, 2.75) is 5.41 Å². The first kappa shape index (κ1) is 34.6. The Balaban J connectivity index is 0.989. The number of benzene rings is 9. The number of hydrogen-bond acceptors (Lipinski definition) is 3. The molecule has 0 radical (unpaired) electrons. The Labute approximate surface area is 359 Å². The zero-order valence-electron chi connectivity index (χ0n) is 33.6. The molecule has 0 saturated carbocycles. The Hall–Kier alpha value is -8.21. The van der Waals surface area contributed by atoms with Crippen molar-refractivity contribution in [3.05, 3.63) is 241 Å². The highest BCUT2D eigenvalue weighted by Crippen LogP contribution is 2.62. The van der Waals surface area contributed by atoms with E-state index < -0.39 is 5.41 Å². The maximum absolute atomic E-state index is 5.12. The molecule has 2 aromatic heterocycles. The van der Waals surface area contributed by atoms with Crippen LogP contribution < -0.4 is 0 Å². The van der Waals surface area contributed by atoms with Gasteiger partial charge in [0.1, 0.15) is 0 Å². The topological polar surface area (TPSA) is 43.6 Å². The molecule has 13 rings (SSSR count). The third-order valence-electron chi connectivity index (χ3n) is 13.1. The Kier molecular flexibility index (Phi) is 7.49. The minimum atomic E-state index is -0.550. The van der Waals surface area contributed by atoms with Gasteiger partial charge < -0.3 is 4.57 Å². The smallest absolute Gasteiger partial charge is 0.164 e. The molecular formula is C58H36N4. The Morgan fingerprint density at radius 1 is 0.306 bits per heavy atom. The first-order chi connectivity index (χ1) is 30.8. The maximum atomic E-state index is 5.12. The van der Waals surface area contributed by atoms with Gasteiger partial charge in [-0.25, -0.2) is 15.0 Å². The van der Waals surface area contributed by atoms with Gasteiger partial charge in [-0.1, -0.05) is 206 Å². The predicted octanol–water partition coefficient (Wildman–Crippen LogP) is 14.0. The maximum Gasteiger partial charge on any atom is 0.164 e. The Morgan fingerprint density at radius 2 is 0.774 bits per heavy atom. The van der Waals surface area contributed by atoms with Gasteiger partial charge in [0.05, 0.1) is 22.1 Å². The lowest BCUT2D eigenvalue weighted by Crippen LogP contribution is -2.34. The van der Waals surface area contributed by atoms with E-state index in [-0.39, 0.29) is 0 Å². The van der Waals surface area contributed by atoms with Crippen LogP contribution in [0, 0.1) is 0 Å². The predicted molar refractivity (Wildman–Crippen MR) is 252 cm³/mol. The summed E-state index contributed by atoms with van der Waals surface area (Å²) in [6.45, 7) is 0. The van der Waals surface area contributed by atoms with E-state index in [0.717, 1.165) is 27.8 Å². The van der Waals surface area contributed by atoms with Crippen LogP contribution in [0.25, 0.3) is 95.0 Å². The largest absolute Gasteiger partial charge is 0.309 e. The molecule has 1 spiro atoms. The van der Waals surface area contributed by atoms with Crippen molar-refractivity contribution in [2.24, 2.45) is 0 Å². The van der Waals surface area contributed by atoms with Crippen LogP contribution in [0.3, 0.4) is 0 Å². The molecule has 1 aliphatic carbocycles. The third-order valence-corrected chi connectivity index (χ3v) is 13.1. The van der Waals surface area contributed by atoms with Gasteiger partial charge in [-0.05, 0) is 67.8 Å². The molecule has 0 N–H and O–H groups in total. The molecule has 62 heavy (non-hydrogen) atoms. The van der Waals surface area contributed by atoms with Crippen molar-refractivity contribution in [3.8, 4) is 73.2 Å². The lowest BCUT2D eigenvalue weighted by molar-refractivity contribution is 0.750. The van der Waals surface area contributed by atoms with Crippen LogP contribution in [-0.4, -0.2) is 19.5 Å². The quantitative estimate of drug-likeness (QED) is 0.174. The standard InChI is InChI=1S/C58H36N4/c1-3-15-37(16-4-1)38-29-33-41(34-30-38)56-59-55(40-17-5-2-6-18-40)60-57(61-56)42-35-31-39(32-36-42)43-21-13-22-46-44-19-7-9-24-48(44)58(53(43)46)49-25-10-12-28-52(49)62-51-27-11-8-20-45(51)47-23-14-26-50(58)54(47)62/h1-36H. The molecule has 2 aliphatic rings. The summed E-state index contributed by atoms with van der Waals surface area (Å²) in [5.74, 6) is 1.92. The Bertz CT molecular complexity index is 3550. The van der Waals surface area contributed by atoms with E-state index in [1.54, 1.807) is 0 Å². The second-order valence-corrected chi connectivity index (χ2v) is 16.3. The molecular weight excluding hydrogens is 753 g/mol. The van der Waals surface area contributed by atoms with Crippen molar-refractivity contribution < 1.29 is 0 Å². The van der Waals surface area contributed by atoms with Crippen molar-refractivity contribution in [1.29, 1.82) is 0 Å². The molecule has 11 aromatic rings. The van der Waals surface area contributed by atoms with Gasteiger partial charge in [0.25, 0.3) is 0 Å². The number of nitrogens with zero attached hydrogens (tertiary/aromatic N) is 4. The SMILES string of the molecule is c1ccc(-c2ccc(-c3nc(-c4ccccc4)nc(-c4ccc(-c5cccc6c5C5(c7ccccc7-6)c6ccccc6-n6c7ccccc7c7cccc5c76)cc4)n3)cc2)cc1. The van der Waals surface area contributed by atoms with Gasteiger partial charge in [-0.15, -0.1) is 0 Å². The monoisotopic (exact) mass is 788 g/mol. The third kappa shape index (κ3) is 4.92. The summed E-state index contributed by atoms with van der Waals surface area (Å²) >= 11 is 0. The van der Waals surface area contributed by atoms with Crippen LogP contribution in [0.5, 0.6) is 0 Å². The molecule has 0 bridgehead atoms. The van der Waals surface area contributed by atoms with Crippen molar-refractivity contribution in [2.75, 3.05) is 0 Å². The highest BCUT2D eigenvalue weighted by Gasteiger charge is 2.51. The van der Waals surface area contributed by atoms with E-state index in [9.17, 15) is 0 Å². The summed E-state index contributed by atoms with van der Waals surface area (Å²) < 4.78 is 2.50. The van der Waals surface area contributed by atoms with E-state index in [1.807, 2.05) is 24.3 Å². The Morgan fingerprint density at radius 3 is 1.50 bits per heavy atom. The van der Waals surface area contributed by atoms with E-state index in [0.29, 0.717) is 17.5 Å². The molecule has 1 aliphatic heterocycles.